The van der Waals surface area contributed by atoms with Crippen molar-refractivity contribution in [1.82, 2.24) is 9.55 Å². The van der Waals surface area contributed by atoms with Crippen molar-refractivity contribution in [2.45, 2.75) is 6.42 Å². The van der Waals surface area contributed by atoms with Gasteiger partial charge in [-0.05, 0) is 41.8 Å². The Morgan fingerprint density at radius 3 is 2.44 bits per heavy atom. The lowest BCUT2D eigenvalue weighted by Gasteiger charge is -2.07. The molecule has 0 saturated carbocycles. The van der Waals surface area contributed by atoms with Crippen molar-refractivity contribution in [3.8, 4) is 0 Å². The summed E-state index contributed by atoms with van der Waals surface area (Å²) in [6.45, 7) is 0. The zero-order valence-electron chi connectivity index (χ0n) is 13.6. The number of aryl methyl sites for hydroxylation is 1. The molecule has 1 N–H and O–H groups in total. The molecule has 1 aromatic carbocycles. The van der Waals surface area contributed by atoms with Gasteiger partial charge in [0.2, 0.25) is 5.56 Å². The molecule has 0 aliphatic rings. The number of carbonyl (C=O) groups is 1. The third kappa shape index (κ3) is 4.17. The lowest BCUT2D eigenvalue weighted by Crippen LogP contribution is -2.19. The van der Waals surface area contributed by atoms with Gasteiger partial charge in [0.05, 0.1) is 5.56 Å². The zero-order chi connectivity index (χ0) is 17.8. The Morgan fingerprint density at radius 1 is 1.08 bits per heavy atom. The molecule has 0 atom stereocenters. The largest absolute Gasteiger partial charge is 0.318 e. The third-order valence-electron chi connectivity index (χ3n) is 3.74. The number of rotatable bonds is 4. The van der Waals surface area contributed by atoms with E-state index in [4.69, 9.17) is 0 Å². The number of halogens is 1. The van der Waals surface area contributed by atoms with Crippen LogP contribution in [-0.4, -0.2) is 15.5 Å². The highest BCUT2D eigenvalue weighted by Gasteiger charge is 2.08. The van der Waals surface area contributed by atoms with Gasteiger partial charge in [0.1, 0.15) is 11.6 Å². The van der Waals surface area contributed by atoms with E-state index in [1.54, 1.807) is 31.4 Å². The SMILES string of the molecule is Cn1cc(C(=O)Nc2ccc(Cc3ccc(F)cc3)cn2)ccc1=O. The predicted octanol–water partition coefficient (Wildman–Crippen LogP) is 2.76. The molecule has 0 saturated heterocycles. The van der Waals surface area contributed by atoms with E-state index in [0.717, 1.165) is 11.1 Å². The van der Waals surface area contributed by atoms with Gasteiger partial charge >= 0.3 is 0 Å². The van der Waals surface area contributed by atoms with Gasteiger partial charge in [0.15, 0.2) is 0 Å². The van der Waals surface area contributed by atoms with E-state index in [1.807, 2.05) is 6.07 Å². The second-order valence-electron chi connectivity index (χ2n) is 5.68. The summed E-state index contributed by atoms with van der Waals surface area (Å²) in [6, 6.07) is 12.7. The Morgan fingerprint density at radius 2 is 1.80 bits per heavy atom. The molecule has 0 unspecified atom stereocenters. The number of amides is 1. The molecule has 0 fully saturated rings. The number of nitrogens with zero attached hydrogens (tertiary/aromatic N) is 2. The summed E-state index contributed by atoms with van der Waals surface area (Å²) in [6.07, 6.45) is 3.77. The quantitative estimate of drug-likeness (QED) is 0.796. The molecule has 0 spiro atoms. The number of carbonyl (C=O) groups excluding carboxylic acids is 1. The summed E-state index contributed by atoms with van der Waals surface area (Å²) in [5.74, 6) is -0.186. The van der Waals surface area contributed by atoms with Crippen LogP contribution in [0.4, 0.5) is 10.2 Å². The number of hydrogen-bond acceptors (Lipinski definition) is 3. The van der Waals surface area contributed by atoms with Crippen molar-refractivity contribution in [3.63, 3.8) is 0 Å². The van der Waals surface area contributed by atoms with Gasteiger partial charge in [0.25, 0.3) is 5.91 Å². The minimum absolute atomic E-state index is 0.181. The van der Waals surface area contributed by atoms with Gasteiger partial charge < -0.3 is 9.88 Å². The summed E-state index contributed by atoms with van der Waals surface area (Å²) in [5.41, 5.74) is 2.12. The molecule has 2 heterocycles. The van der Waals surface area contributed by atoms with Crippen molar-refractivity contribution < 1.29 is 9.18 Å². The van der Waals surface area contributed by atoms with Crippen LogP contribution in [0.3, 0.4) is 0 Å². The van der Waals surface area contributed by atoms with E-state index >= 15 is 0 Å². The van der Waals surface area contributed by atoms with Crippen LogP contribution in [0.5, 0.6) is 0 Å². The lowest BCUT2D eigenvalue weighted by molar-refractivity contribution is 0.102. The molecule has 6 heteroatoms. The number of nitrogens with one attached hydrogen (secondary N) is 1. The van der Waals surface area contributed by atoms with Crippen LogP contribution in [0.15, 0.2) is 65.7 Å². The van der Waals surface area contributed by atoms with E-state index < -0.39 is 0 Å². The second kappa shape index (κ2) is 7.09. The number of hydrogen-bond donors (Lipinski definition) is 1. The minimum Gasteiger partial charge on any atom is -0.318 e. The van der Waals surface area contributed by atoms with Gasteiger partial charge in [-0.2, -0.15) is 0 Å². The normalized spacial score (nSPS) is 10.5. The molecule has 25 heavy (non-hydrogen) atoms. The Kier molecular flexibility index (Phi) is 4.70. The van der Waals surface area contributed by atoms with Gasteiger partial charge in [-0.15, -0.1) is 0 Å². The zero-order valence-corrected chi connectivity index (χ0v) is 13.6. The van der Waals surface area contributed by atoms with E-state index in [1.165, 1.54) is 35.0 Å². The van der Waals surface area contributed by atoms with Crippen molar-refractivity contribution in [2.75, 3.05) is 5.32 Å². The van der Waals surface area contributed by atoms with Gasteiger partial charge in [-0.1, -0.05) is 18.2 Å². The molecular weight excluding hydrogens is 321 g/mol. The van der Waals surface area contributed by atoms with Crippen LogP contribution in [0, 0.1) is 5.82 Å². The fourth-order valence-corrected chi connectivity index (χ4v) is 2.36. The third-order valence-corrected chi connectivity index (χ3v) is 3.74. The Bertz CT molecular complexity index is 948. The van der Waals surface area contributed by atoms with E-state index in [9.17, 15) is 14.0 Å². The van der Waals surface area contributed by atoms with Crippen LogP contribution >= 0.6 is 0 Å². The maximum atomic E-state index is 12.9. The molecule has 2 aromatic heterocycles. The Balaban J connectivity index is 1.67. The van der Waals surface area contributed by atoms with Crippen LogP contribution in [-0.2, 0) is 13.5 Å². The maximum absolute atomic E-state index is 12.9. The van der Waals surface area contributed by atoms with Crippen LogP contribution in [0.25, 0.3) is 0 Å². The molecule has 3 rings (SSSR count). The average molecular weight is 337 g/mol. The van der Waals surface area contributed by atoms with Crippen LogP contribution in [0.2, 0.25) is 0 Å². The van der Waals surface area contributed by atoms with Crippen molar-refractivity contribution in [1.29, 1.82) is 0 Å². The fraction of sp³-hybridized carbons (Fsp3) is 0.105. The summed E-state index contributed by atoms with van der Waals surface area (Å²) in [5, 5.41) is 2.69. The topological polar surface area (TPSA) is 64.0 Å². The van der Waals surface area contributed by atoms with Crippen LogP contribution < -0.4 is 10.9 Å². The van der Waals surface area contributed by atoms with Gasteiger partial charge in [-0.25, -0.2) is 9.37 Å². The first-order valence-electron chi connectivity index (χ1n) is 7.69. The first-order chi connectivity index (χ1) is 12.0. The number of benzene rings is 1. The van der Waals surface area contributed by atoms with E-state index in [-0.39, 0.29) is 17.3 Å². The second-order valence-corrected chi connectivity index (χ2v) is 5.68. The van der Waals surface area contributed by atoms with E-state index in [2.05, 4.69) is 10.3 Å². The highest BCUT2D eigenvalue weighted by atomic mass is 19.1. The Hall–Kier alpha value is -3.28. The minimum atomic E-state index is -0.339. The summed E-state index contributed by atoms with van der Waals surface area (Å²) in [4.78, 5) is 27.8. The molecular formula is C19H16FN3O2. The molecule has 0 bridgehead atoms. The number of pyridine rings is 2. The van der Waals surface area contributed by atoms with Gasteiger partial charge in [0, 0.05) is 25.5 Å². The maximum Gasteiger partial charge on any atom is 0.258 e. The van der Waals surface area contributed by atoms with Crippen molar-refractivity contribution >= 4 is 11.7 Å². The highest BCUT2D eigenvalue weighted by Crippen LogP contribution is 2.12. The lowest BCUT2D eigenvalue weighted by atomic mass is 10.1. The summed E-state index contributed by atoms with van der Waals surface area (Å²) in [7, 11) is 1.58. The highest BCUT2D eigenvalue weighted by molar-refractivity contribution is 6.03. The van der Waals surface area contributed by atoms with Crippen molar-refractivity contribution in [3.05, 3.63) is 93.8 Å². The fourth-order valence-electron chi connectivity index (χ4n) is 2.36. The number of anilines is 1. The molecule has 0 aliphatic carbocycles. The molecule has 5 nitrogen and oxygen atoms in total. The van der Waals surface area contributed by atoms with Crippen molar-refractivity contribution in [2.24, 2.45) is 7.05 Å². The summed E-state index contributed by atoms with van der Waals surface area (Å²) < 4.78 is 14.3. The molecule has 1 amide bonds. The molecule has 3 aromatic rings. The smallest absolute Gasteiger partial charge is 0.258 e. The average Bonchev–Trinajstić information content (AvgIpc) is 2.61. The monoisotopic (exact) mass is 337 g/mol. The first-order valence-corrected chi connectivity index (χ1v) is 7.69. The molecule has 126 valence electrons. The number of aromatic nitrogens is 2. The predicted molar refractivity (Wildman–Crippen MR) is 93.1 cm³/mol. The van der Waals surface area contributed by atoms with E-state index in [0.29, 0.717) is 17.8 Å². The molecule has 0 aliphatic heterocycles. The Labute approximate surface area is 143 Å². The first kappa shape index (κ1) is 16.6. The summed E-state index contributed by atoms with van der Waals surface area (Å²) >= 11 is 0. The molecule has 0 radical (unpaired) electrons. The van der Waals surface area contributed by atoms with Gasteiger partial charge in [-0.3, -0.25) is 9.59 Å². The standard InChI is InChI=1S/C19H16FN3O2/c1-23-12-15(5-9-18(23)24)19(25)22-17-8-4-14(11-21-17)10-13-2-6-16(20)7-3-13/h2-9,11-12H,10H2,1H3,(H,21,22,25). The van der Waals surface area contributed by atoms with Crippen LogP contribution in [0.1, 0.15) is 21.5 Å².